The molecule has 4 amide bonds. The monoisotopic (exact) mass is 660 g/mol. The second kappa shape index (κ2) is 12.6. The molecule has 1 saturated heterocycles. The fourth-order valence-electron chi connectivity index (χ4n) is 4.17. The molecule has 232 valence electrons. The Labute approximate surface area is 256 Å². The highest BCUT2D eigenvalue weighted by molar-refractivity contribution is 8.01. The lowest BCUT2D eigenvalue weighted by Gasteiger charge is -2.49. The number of β-lactam (4-membered cyclic amide) rings is 1. The summed E-state index contributed by atoms with van der Waals surface area (Å²) in [5.74, 6) is -2.62. The number of hydrogen-bond donors (Lipinski definition) is 4. The molecule has 0 aromatic carbocycles. The molecule has 4 N–H and O–H groups in total. The van der Waals surface area contributed by atoms with E-state index in [0.717, 1.165) is 28.0 Å². The summed E-state index contributed by atoms with van der Waals surface area (Å²) in [6, 6.07) is 2.63. The van der Waals surface area contributed by atoms with Crippen LogP contribution < -0.4 is 20.8 Å². The lowest BCUT2D eigenvalue weighted by molar-refractivity contribution is -0.707. The van der Waals surface area contributed by atoms with Crippen molar-refractivity contribution in [2.75, 3.05) is 18.1 Å². The van der Waals surface area contributed by atoms with E-state index < -0.39 is 54.0 Å². The predicted molar refractivity (Wildman–Crippen MR) is 152 cm³/mol. The molecule has 1 fully saturated rings. The summed E-state index contributed by atoms with van der Waals surface area (Å²) in [5, 5.41) is 33.9. The first kappa shape index (κ1) is 32.4. The van der Waals surface area contributed by atoms with Crippen molar-refractivity contribution in [1.82, 2.24) is 25.9 Å². The quantitative estimate of drug-likeness (QED) is 0.137. The number of carboxylic acids is 1. The van der Waals surface area contributed by atoms with Crippen LogP contribution in [0.5, 0.6) is 0 Å². The van der Waals surface area contributed by atoms with Gasteiger partial charge in [-0.3, -0.25) is 14.5 Å². The number of carboxylic acid groups (broad SMARTS) is 1. The van der Waals surface area contributed by atoms with Crippen LogP contribution >= 0.6 is 34.9 Å². The number of thioether (sulfide) groups is 2. The summed E-state index contributed by atoms with van der Waals surface area (Å²) in [5.41, 5.74) is 0.400. The van der Waals surface area contributed by atoms with Gasteiger partial charge in [0.15, 0.2) is 0 Å². The zero-order valence-corrected chi connectivity index (χ0v) is 25.4. The van der Waals surface area contributed by atoms with E-state index in [1.54, 1.807) is 28.9 Å². The van der Waals surface area contributed by atoms with Gasteiger partial charge in [-0.25, -0.2) is 9.59 Å². The van der Waals surface area contributed by atoms with Crippen LogP contribution in [-0.2, 0) is 19.8 Å². The van der Waals surface area contributed by atoms with Crippen LogP contribution in [0.4, 0.5) is 18.0 Å². The molecule has 43 heavy (non-hydrogen) atoms. The van der Waals surface area contributed by atoms with E-state index in [0.29, 0.717) is 21.0 Å². The van der Waals surface area contributed by atoms with Gasteiger partial charge in [-0.15, -0.1) is 23.1 Å². The van der Waals surface area contributed by atoms with Crippen LogP contribution in [0, 0.1) is 5.21 Å². The van der Waals surface area contributed by atoms with Gasteiger partial charge in [0.05, 0.1) is 0 Å². The normalized spacial score (nSPS) is 19.3. The molecule has 4 rings (SSSR count). The molecule has 0 spiro atoms. The van der Waals surface area contributed by atoms with Crippen LogP contribution in [0.3, 0.4) is 0 Å². The summed E-state index contributed by atoms with van der Waals surface area (Å²) >= 11 is 3.36. The maximum absolute atomic E-state index is 13.1. The molecule has 0 bridgehead atoms. The Morgan fingerprint density at radius 3 is 2.56 bits per heavy atom. The van der Waals surface area contributed by atoms with Gasteiger partial charge in [-0.2, -0.15) is 13.2 Å². The number of thiophene rings is 1. The molecule has 4 heterocycles. The van der Waals surface area contributed by atoms with Crippen LogP contribution in [-0.4, -0.2) is 74.6 Å². The molecule has 18 heteroatoms. The van der Waals surface area contributed by atoms with Crippen LogP contribution in [0.15, 0.2) is 45.9 Å². The summed E-state index contributed by atoms with van der Waals surface area (Å²) < 4.78 is 37.5. The maximum atomic E-state index is 13.1. The molecule has 2 aliphatic heterocycles. The maximum Gasteiger partial charge on any atom is 0.405 e. The smallest absolute Gasteiger partial charge is 0.405 e. The minimum Gasteiger partial charge on any atom is -0.593 e. The molecule has 0 saturated carbocycles. The lowest BCUT2D eigenvalue weighted by atomic mass is 9.92. The van der Waals surface area contributed by atoms with Gasteiger partial charge < -0.3 is 26.3 Å². The van der Waals surface area contributed by atoms with E-state index >= 15 is 0 Å². The number of carbonyl (C=O) groups excluding carboxylic acids is 3. The number of carbonyl (C=O) groups is 4. The van der Waals surface area contributed by atoms with Crippen molar-refractivity contribution in [3.63, 3.8) is 0 Å². The first-order valence-electron chi connectivity index (χ1n) is 12.7. The van der Waals surface area contributed by atoms with Gasteiger partial charge >= 0.3 is 18.2 Å². The lowest BCUT2D eigenvalue weighted by Crippen LogP contribution is -2.71. The predicted octanol–water partition coefficient (Wildman–Crippen LogP) is 2.51. The number of urea groups is 1. The zero-order chi connectivity index (χ0) is 31.7. The topological polar surface area (TPSA) is 168 Å². The highest BCUT2D eigenvalue weighted by Crippen LogP contribution is 2.41. The van der Waals surface area contributed by atoms with Crippen molar-refractivity contribution < 1.29 is 42.3 Å². The number of aromatic nitrogens is 2. The SMILES string of the molecule is CC(C)(C)c1ccc(SCC2=C(C(=O)O)N3C(=O)[C@@H](NC(=O)C(NC(=O)NCC(F)(F)F)c4cccs4)C3SC2)[n+]([O-])n1. The van der Waals surface area contributed by atoms with Gasteiger partial charge in [0, 0.05) is 33.0 Å². The Kier molecular flexibility index (Phi) is 9.51. The zero-order valence-electron chi connectivity index (χ0n) is 22.9. The van der Waals surface area contributed by atoms with Gasteiger partial charge in [-0.05, 0) is 39.7 Å². The summed E-state index contributed by atoms with van der Waals surface area (Å²) in [6.07, 6.45) is -4.66. The van der Waals surface area contributed by atoms with Gasteiger partial charge in [0.25, 0.3) is 10.9 Å². The first-order chi connectivity index (χ1) is 20.1. The molecule has 0 aliphatic carbocycles. The molecule has 2 aromatic rings. The van der Waals surface area contributed by atoms with Crippen molar-refractivity contribution in [2.45, 2.75) is 54.8 Å². The molecule has 2 unspecified atom stereocenters. The number of amides is 4. The third-order valence-corrected chi connectivity index (χ3v) is 9.65. The summed E-state index contributed by atoms with van der Waals surface area (Å²) in [4.78, 5) is 52.4. The molecule has 12 nitrogen and oxygen atoms in total. The summed E-state index contributed by atoms with van der Waals surface area (Å²) in [7, 11) is 0. The largest absolute Gasteiger partial charge is 0.593 e. The second-order valence-electron chi connectivity index (χ2n) is 10.5. The Bertz CT molecular complexity index is 1450. The third kappa shape index (κ3) is 7.53. The van der Waals surface area contributed by atoms with E-state index in [4.69, 9.17) is 0 Å². The van der Waals surface area contributed by atoms with E-state index in [-0.39, 0.29) is 27.6 Å². The highest BCUT2D eigenvalue weighted by Gasteiger charge is 2.54. The third-order valence-electron chi connectivity index (χ3n) is 6.30. The molecular formula is C25H27F3N6O6S3. The fraction of sp³-hybridized carbons (Fsp3) is 0.440. The minimum absolute atomic E-state index is 0.0956. The Morgan fingerprint density at radius 2 is 1.98 bits per heavy atom. The van der Waals surface area contributed by atoms with E-state index in [2.05, 4.69) is 15.7 Å². The van der Waals surface area contributed by atoms with E-state index in [1.807, 2.05) is 20.8 Å². The van der Waals surface area contributed by atoms with Gasteiger partial charge in [0.1, 0.15) is 35.4 Å². The Morgan fingerprint density at radius 1 is 1.26 bits per heavy atom. The first-order valence-corrected chi connectivity index (χ1v) is 15.6. The van der Waals surface area contributed by atoms with Crippen molar-refractivity contribution in [3.8, 4) is 0 Å². The van der Waals surface area contributed by atoms with Crippen LogP contribution in [0.2, 0.25) is 0 Å². The molecule has 3 atom stereocenters. The van der Waals surface area contributed by atoms with Crippen molar-refractivity contribution in [2.24, 2.45) is 0 Å². The van der Waals surface area contributed by atoms with Crippen LogP contribution in [0.1, 0.15) is 37.4 Å². The van der Waals surface area contributed by atoms with E-state index in [9.17, 15) is 42.7 Å². The van der Waals surface area contributed by atoms with Gasteiger partial charge in [0.2, 0.25) is 5.91 Å². The van der Waals surface area contributed by atoms with Crippen LogP contribution in [0.25, 0.3) is 0 Å². The number of aliphatic carboxylic acids is 1. The highest BCUT2D eigenvalue weighted by atomic mass is 32.2. The number of alkyl halides is 3. The van der Waals surface area contributed by atoms with Crippen molar-refractivity contribution in [1.29, 1.82) is 0 Å². The Balaban J connectivity index is 1.45. The number of nitrogens with one attached hydrogen (secondary N) is 3. The summed E-state index contributed by atoms with van der Waals surface area (Å²) in [6.45, 7) is 4.13. The van der Waals surface area contributed by atoms with E-state index in [1.165, 1.54) is 17.8 Å². The molecule has 2 aliphatic rings. The number of rotatable bonds is 9. The van der Waals surface area contributed by atoms with Crippen molar-refractivity contribution in [3.05, 3.63) is 56.7 Å². The molecule has 2 aromatic heterocycles. The molecular weight excluding hydrogens is 634 g/mol. The number of halogens is 3. The average molecular weight is 661 g/mol. The molecule has 0 radical (unpaired) electrons. The standard InChI is InChI=1S/C25H27F3N6O6S3/c1-24(2,3)14-6-7-15(34(40)32-14)42-9-12-10-43-21-17(20(36)33(21)18(12)22(37)38)30-19(35)16(13-5-4-8-41-13)31-23(39)29-11-25(26,27)28/h4-8,16-17,21H,9-11H2,1-3H3,(H,30,35)(H,37,38)(H2,29,31,39)/t16?,17-,21?/m1/s1. The van der Waals surface area contributed by atoms with Crippen molar-refractivity contribution >= 4 is 58.7 Å². The fourth-order valence-corrected chi connectivity index (χ4v) is 7.30. The average Bonchev–Trinajstić information content (AvgIpc) is 3.45. The Hall–Kier alpha value is -3.51. The number of nitrogens with zero attached hydrogens (tertiary/aromatic N) is 3. The van der Waals surface area contributed by atoms with Gasteiger partial charge in [-0.1, -0.05) is 26.8 Å². The second-order valence-corrected chi connectivity index (χ2v) is 13.6. The number of fused-ring (bicyclic) bond motifs is 1. The minimum atomic E-state index is -4.66. The number of hydrogen-bond acceptors (Lipinski definition) is 9.